The quantitative estimate of drug-likeness (QED) is 0.182. The number of hydrogen-bond donors (Lipinski definition) is 0. The van der Waals surface area contributed by atoms with Crippen molar-refractivity contribution >= 4 is 28.5 Å². The van der Waals surface area contributed by atoms with Gasteiger partial charge in [0, 0.05) is 34.9 Å². The third-order valence-corrected chi connectivity index (χ3v) is 9.57. The molecule has 4 aromatic rings. The molecule has 240 valence electrons. The Morgan fingerprint density at radius 2 is 1.83 bits per heavy atom. The van der Waals surface area contributed by atoms with Crippen LogP contribution < -0.4 is 9.64 Å². The van der Waals surface area contributed by atoms with Gasteiger partial charge in [-0.3, -0.25) is 4.79 Å². The number of ether oxygens (including phenoxy) is 1. The number of rotatable bonds is 9. The van der Waals surface area contributed by atoms with E-state index in [1.165, 1.54) is 46.4 Å². The second-order valence-corrected chi connectivity index (χ2v) is 13.2. The first-order valence-electron chi connectivity index (χ1n) is 15.6. The number of aryl methyl sites for hydroxylation is 2. The van der Waals surface area contributed by atoms with Crippen LogP contribution in [-0.4, -0.2) is 44.0 Å². The lowest BCUT2D eigenvalue weighted by molar-refractivity contribution is -0.274. The van der Waals surface area contributed by atoms with Gasteiger partial charge >= 0.3 is 6.36 Å². The van der Waals surface area contributed by atoms with E-state index in [2.05, 4.69) is 58.7 Å². The number of aromatic nitrogens is 3. The summed E-state index contributed by atoms with van der Waals surface area (Å²) in [5, 5.41) is 5.29. The minimum atomic E-state index is -4.75. The van der Waals surface area contributed by atoms with Gasteiger partial charge in [-0.05, 0) is 86.6 Å². The van der Waals surface area contributed by atoms with Crippen molar-refractivity contribution in [3.63, 3.8) is 0 Å². The molecule has 6 rings (SSSR count). The molecule has 1 aromatic heterocycles. The topological polar surface area (TPSA) is 72.6 Å². The highest BCUT2D eigenvalue weighted by Crippen LogP contribution is 2.51. The predicted octanol–water partition coefficient (Wildman–Crippen LogP) is 8.43. The number of anilines is 1. The van der Waals surface area contributed by atoms with Gasteiger partial charge < -0.3 is 9.64 Å². The van der Waals surface area contributed by atoms with E-state index in [-0.39, 0.29) is 23.1 Å². The fourth-order valence-corrected chi connectivity index (χ4v) is 7.19. The maximum atomic E-state index is 13.5. The summed E-state index contributed by atoms with van der Waals surface area (Å²) in [5.74, 6) is 1.02. The number of benzene rings is 3. The van der Waals surface area contributed by atoms with E-state index in [1.807, 2.05) is 24.3 Å². The highest BCUT2D eigenvalue weighted by atomic mass is 32.2. The number of amides is 1. The molecular formula is C35H36F3N5O2S. The van der Waals surface area contributed by atoms with Gasteiger partial charge in [-0.15, -0.1) is 18.3 Å². The Morgan fingerprint density at radius 3 is 2.50 bits per heavy atom. The fraction of sp³-hybridized carbons (Fsp3) is 0.371. The van der Waals surface area contributed by atoms with Gasteiger partial charge in [0.1, 0.15) is 12.1 Å². The Labute approximate surface area is 270 Å². The van der Waals surface area contributed by atoms with Crippen LogP contribution in [0.2, 0.25) is 0 Å². The molecule has 1 amide bonds. The number of carbonyl (C=O) groups excluding carboxylic acids is 1. The molecule has 0 spiro atoms. The Kier molecular flexibility index (Phi) is 8.96. The number of halogens is 3. The summed E-state index contributed by atoms with van der Waals surface area (Å²) in [6.07, 6.45) is 2.03. The van der Waals surface area contributed by atoms with Crippen molar-refractivity contribution in [2.75, 3.05) is 10.7 Å². The van der Waals surface area contributed by atoms with Crippen LogP contribution in [0.3, 0.4) is 0 Å². The van der Waals surface area contributed by atoms with Crippen molar-refractivity contribution < 1.29 is 22.7 Å². The first-order valence-corrected chi connectivity index (χ1v) is 16.5. The number of amidine groups is 1. The molecule has 2 fully saturated rings. The average Bonchev–Trinajstić information content (AvgIpc) is 3.62. The van der Waals surface area contributed by atoms with Gasteiger partial charge in [0.2, 0.25) is 5.91 Å². The van der Waals surface area contributed by atoms with Crippen molar-refractivity contribution in [1.82, 2.24) is 14.8 Å². The first-order chi connectivity index (χ1) is 22.0. The molecule has 3 aromatic carbocycles. The average molecular weight is 648 g/mol. The largest absolute Gasteiger partial charge is 0.573 e. The molecule has 1 atom stereocenters. The number of alkyl halides is 3. The van der Waals surface area contributed by atoms with Crippen LogP contribution in [0.1, 0.15) is 62.6 Å². The van der Waals surface area contributed by atoms with Crippen molar-refractivity contribution in [2.45, 2.75) is 77.1 Å². The lowest BCUT2D eigenvalue weighted by Gasteiger charge is -2.37. The second kappa shape index (κ2) is 12.9. The van der Waals surface area contributed by atoms with E-state index in [0.29, 0.717) is 17.9 Å². The third kappa shape index (κ3) is 7.14. The van der Waals surface area contributed by atoms with Crippen LogP contribution in [0, 0.1) is 6.92 Å². The van der Waals surface area contributed by atoms with Gasteiger partial charge in [-0.2, -0.15) is 4.99 Å². The van der Waals surface area contributed by atoms with Crippen LogP contribution in [0.5, 0.6) is 5.75 Å². The number of thioether (sulfide) groups is 1. The summed E-state index contributed by atoms with van der Waals surface area (Å²) < 4.78 is 42.9. The van der Waals surface area contributed by atoms with Crippen LogP contribution in [0.4, 0.5) is 18.9 Å². The third-order valence-electron chi connectivity index (χ3n) is 8.58. The summed E-state index contributed by atoms with van der Waals surface area (Å²) in [6, 6.07) is 20.2. The molecule has 2 heterocycles. The van der Waals surface area contributed by atoms with E-state index in [1.54, 1.807) is 11.8 Å². The number of nitrogens with zero attached hydrogens (tertiary/aromatic N) is 5. The molecule has 0 N–H and O–H groups in total. The number of hydrogen-bond acceptors (Lipinski definition) is 5. The normalized spacial score (nSPS) is 18.5. The van der Waals surface area contributed by atoms with Crippen molar-refractivity contribution in [3.8, 4) is 22.8 Å². The smallest absolute Gasteiger partial charge is 0.406 e. The molecule has 1 aliphatic carbocycles. The molecule has 1 aliphatic heterocycles. The molecule has 46 heavy (non-hydrogen) atoms. The Hall–Kier alpha value is -4.12. The van der Waals surface area contributed by atoms with E-state index in [0.717, 1.165) is 59.8 Å². The van der Waals surface area contributed by atoms with Gasteiger partial charge in [0.25, 0.3) is 0 Å². The Balaban J connectivity index is 1.15. The maximum absolute atomic E-state index is 13.5. The summed E-state index contributed by atoms with van der Waals surface area (Å²) in [4.78, 5) is 24.9. The minimum Gasteiger partial charge on any atom is -0.406 e. The molecule has 1 saturated heterocycles. The summed E-state index contributed by atoms with van der Waals surface area (Å²) in [5.41, 5.74) is 5.86. The van der Waals surface area contributed by atoms with Crippen molar-refractivity contribution in [1.29, 1.82) is 0 Å². The fourth-order valence-electron chi connectivity index (χ4n) is 5.96. The minimum absolute atomic E-state index is 0.0973. The second-order valence-electron chi connectivity index (χ2n) is 12.1. The number of aliphatic imine (C=N–C) groups is 1. The molecule has 0 radical (unpaired) electrons. The maximum Gasteiger partial charge on any atom is 0.573 e. The van der Waals surface area contributed by atoms with Crippen LogP contribution in [0.25, 0.3) is 17.1 Å². The van der Waals surface area contributed by atoms with E-state index in [9.17, 15) is 18.0 Å². The van der Waals surface area contributed by atoms with Crippen LogP contribution in [-0.2, 0) is 16.6 Å². The zero-order chi connectivity index (χ0) is 32.5. The van der Waals surface area contributed by atoms with E-state index < -0.39 is 6.36 Å². The predicted molar refractivity (Wildman–Crippen MR) is 176 cm³/mol. The molecule has 1 saturated carbocycles. The first kappa shape index (κ1) is 31.8. The molecular weight excluding hydrogens is 611 g/mol. The monoisotopic (exact) mass is 647 g/mol. The molecule has 11 heteroatoms. The molecule has 2 aliphatic rings. The van der Waals surface area contributed by atoms with Crippen molar-refractivity contribution in [3.05, 3.63) is 89.7 Å². The Morgan fingerprint density at radius 1 is 1.09 bits per heavy atom. The zero-order valence-corrected chi connectivity index (χ0v) is 26.9. The SMILES string of the molecule is CCCc1ccc(C)cc1N1C(=NC(=O)CC2(c3ccc(-c4ncn(-c5ccc(OC(F)(F)F)cc5)n4)cc3)CC2)SCCC1C. The summed E-state index contributed by atoms with van der Waals surface area (Å²) in [7, 11) is 0. The van der Waals surface area contributed by atoms with Crippen LogP contribution >= 0.6 is 11.8 Å². The number of carbonyl (C=O) groups is 1. The van der Waals surface area contributed by atoms with Gasteiger partial charge in [-0.1, -0.05) is 61.5 Å². The zero-order valence-electron chi connectivity index (χ0n) is 26.1. The summed E-state index contributed by atoms with van der Waals surface area (Å²) >= 11 is 1.66. The van der Waals surface area contributed by atoms with E-state index >= 15 is 0 Å². The standard InChI is InChI=1S/C35H36F3N5O2S/c1-4-5-25-7-6-23(2)20-30(25)43-24(3)16-19-46-33(43)40-31(44)21-34(17-18-34)27-10-8-26(9-11-27)32-39-22-42(41-32)28-12-14-29(15-13-28)45-35(36,37)38/h6-15,20,22,24H,4-5,16-19,21H2,1-3H3. The highest BCUT2D eigenvalue weighted by molar-refractivity contribution is 8.14. The molecule has 1 unspecified atom stereocenters. The highest BCUT2D eigenvalue weighted by Gasteiger charge is 2.46. The van der Waals surface area contributed by atoms with Gasteiger partial charge in [0.05, 0.1) is 5.69 Å². The summed E-state index contributed by atoms with van der Waals surface area (Å²) in [6.45, 7) is 6.50. The van der Waals surface area contributed by atoms with Crippen LogP contribution in [0.15, 0.2) is 78.0 Å². The lowest BCUT2D eigenvalue weighted by Crippen LogP contribution is -2.42. The van der Waals surface area contributed by atoms with Gasteiger partial charge in [-0.25, -0.2) is 9.67 Å². The van der Waals surface area contributed by atoms with Crippen molar-refractivity contribution in [2.24, 2.45) is 4.99 Å². The molecule has 7 nitrogen and oxygen atoms in total. The lowest BCUT2D eigenvalue weighted by atomic mass is 9.91. The van der Waals surface area contributed by atoms with Gasteiger partial charge in [0.15, 0.2) is 11.0 Å². The Bertz CT molecular complexity index is 1730. The van der Waals surface area contributed by atoms with E-state index in [4.69, 9.17) is 4.99 Å². The molecule has 0 bridgehead atoms.